The Balaban J connectivity index is 1.51. The van der Waals surface area contributed by atoms with Crippen molar-refractivity contribution in [3.63, 3.8) is 0 Å². The minimum Gasteiger partial charge on any atom is -0.497 e. The zero-order chi connectivity index (χ0) is 20.9. The Morgan fingerprint density at radius 1 is 1.10 bits per heavy atom. The molecule has 0 saturated carbocycles. The van der Waals surface area contributed by atoms with Crippen molar-refractivity contribution in [1.29, 1.82) is 0 Å². The Morgan fingerprint density at radius 2 is 1.90 bits per heavy atom. The Labute approximate surface area is 182 Å². The number of methoxy groups -OCH3 is 1. The van der Waals surface area contributed by atoms with Crippen LogP contribution in [0, 0.1) is 6.92 Å². The van der Waals surface area contributed by atoms with Crippen LogP contribution in [0.1, 0.15) is 33.6 Å². The van der Waals surface area contributed by atoms with Gasteiger partial charge >= 0.3 is 0 Å². The lowest BCUT2D eigenvalue weighted by Crippen LogP contribution is -2.47. The molecule has 2 heterocycles. The molecule has 0 aliphatic carbocycles. The third-order valence-corrected chi connectivity index (χ3v) is 6.55. The molecule has 1 saturated heterocycles. The van der Waals surface area contributed by atoms with Crippen LogP contribution in [-0.2, 0) is 6.54 Å². The van der Waals surface area contributed by atoms with Crippen molar-refractivity contribution in [2.24, 2.45) is 0 Å². The van der Waals surface area contributed by atoms with Crippen LogP contribution in [0.4, 0.5) is 5.69 Å². The number of rotatable bonds is 6. The van der Waals surface area contributed by atoms with Gasteiger partial charge < -0.3 is 9.64 Å². The fourth-order valence-corrected chi connectivity index (χ4v) is 4.84. The van der Waals surface area contributed by atoms with E-state index in [4.69, 9.17) is 4.74 Å². The van der Waals surface area contributed by atoms with Gasteiger partial charge in [0, 0.05) is 37.4 Å². The van der Waals surface area contributed by atoms with E-state index in [0.717, 1.165) is 48.8 Å². The van der Waals surface area contributed by atoms with Gasteiger partial charge in [0.1, 0.15) is 5.75 Å². The third kappa shape index (κ3) is 4.74. The molecule has 0 N–H and O–H groups in total. The van der Waals surface area contributed by atoms with Crippen molar-refractivity contribution < 1.29 is 9.53 Å². The molecule has 0 spiro atoms. The molecule has 1 aromatic heterocycles. The van der Waals surface area contributed by atoms with Crippen LogP contribution in [0.15, 0.2) is 66.0 Å². The molecule has 4 rings (SSSR count). The molecule has 1 aliphatic rings. The monoisotopic (exact) mass is 420 g/mol. The number of carbonyl (C=O) groups is 1. The molecule has 4 nitrogen and oxygen atoms in total. The number of hydrogen-bond donors (Lipinski definition) is 0. The first kappa shape index (κ1) is 20.6. The summed E-state index contributed by atoms with van der Waals surface area (Å²) in [6.45, 7) is 5.07. The zero-order valence-electron chi connectivity index (χ0n) is 17.6. The van der Waals surface area contributed by atoms with Gasteiger partial charge in [-0.3, -0.25) is 9.69 Å². The number of benzene rings is 2. The molecule has 1 amide bonds. The number of anilines is 1. The molecule has 0 unspecified atom stereocenters. The number of thiophene rings is 1. The standard InChI is InChI=1S/C25H28N2O2S/c1-19-6-3-7-20(16-19)18-26-13-11-21(12-14-26)27(25(28)24-10-5-15-30-24)22-8-4-9-23(17-22)29-2/h3-10,15-17,21H,11-14,18H2,1-2H3. The van der Waals surface area contributed by atoms with E-state index in [0.29, 0.717) is 0 Å². The summed E-state index contributed by atoms with van der Waals surface area (Å²) in [6, 6.07) is 20.6. The normalized spacial score (nSPS) is 15.1. The number of hydrogen-bond acceptors (Lipinski definition) is 4. The van der Waals surface area contributed by atoms with Crippen molar-refractivity contribution >= 4 is 22.9 Å². The lowest BCUT2D eigenvalue weighted by atomic mass is 10.0. The van der Waals surface area contributed by atoms with Gasteiger partial charge in [-0.15, -0.1) is 11.3 Å². The van der Waals surface area contributed by atoms with Gasteiger partial charge in [0.2, 0.25) is 0 Å². The molecule has 3 aromatic rings. The minimum absolute atomic E-state index is 0.0791. The maximum absolute atomic E-state index is 13.4. The molecular formula is C25H28N2O2S. The number of piperidine rings is 1. The Bertz CT molecular complexity index is 978. The molecule has 30 heavy (non-hydrogen) atoms. The van der Waals surface area contributed by atoms with Crippen LogP contribution in [0.3, 0.4) is 0 Å². The van der Waals surface area contributed by atoms with Crippen LogP contribution in [0.2, 0.25) is 0 Å². The van der Waals surface area contributed by atoms with Crippen molar-refractivity contribution in [3.05, 3.63) is 82.0 Å². The lowest BCUT2D eigenvalue weighted by Gasteiger charge is -2.38. The molecule has 0 radical (unpaired) electrons. The largest absolute Gasteiger partial charge is 0.497 e. The highest BCUT2D eigenvalue weighted by atomic mass is 32.1. The average Bonchev–Trinajstić information content (AvgIpc) is 3.30. The van der Waals surface area contributed by atoms with E-state index in [-0.39, 0.29) is 11.9 Å². The number of likely N-dealkylation sites (tertiary alicyclic amines) is 1. The van der Waals surface area contributed by atoms with Crippen LogP contribution < -0.4 is 9.64 Å². The summed E-state index contributed by atoms with van der Waals surface area (Å²) in [4.78, 5) is 18.7. The molecule has 5 heteroatoms. The van der Waals surface area contributed by atoms with Gasteiger partial charge in [0.15, 0.2) is 0 Å². The van der Waals surface area contributed by atoms with Crippen LogP contribution in [0.5, 0.6) is 5.75 Å². The zero-order valence-corrected chi connectivity index (χ0v) is 18.4. The predicted octanol–water partition coefficient (Wildman–Crippen LogP) is 5.38. The number of carbonyl (C=O) groups excluding carboxylic acids is 1. The molecule has 2 aromatic carbocycles. The van der Waals surface area contributed by atoms with Crippen molar-refractivity contribution in [1.82, 2.24) is 4.90 Å². The third-order valence-electron chi connectivity index (χ3n) is 5.69. The number of aryl methyl sites for hydroxylation is 1. The fraction of sp³-hybridized carbons (Fsp3) is 0.320. The minimum atomic E-state index is 0.0791. The first-order chi connectivity index (χ1) is 14.6. The second-order valence-electron chi connectivity index (χ2n) is 7.85. The Kier molecular flexibility index (Phi) is 6.50. The first-order valence-corrected chi connectivity index (χ1v) is 11.3. The van der Waals surface area contributed by atoms with Gasteiger partial charge in [-0.1, -0.05) is 42.0 Å². The number of nitrogens with zero attached hydrogens (tertiary/aromatic N) is 2. The highest BCUT2D eigenvalue weighted by Crippen LogP contribution is 2.30. The average molecular weight is 421 g/mol. The Hall–Kier alpha value is -2.63. The predicted molar refractivity (Wildman–Crippen MR) is 124 cm³/mol. The molecule has 0 atom stereocenters. The summed E-state index contributed by atoms with van der Waals surface area (Å²) in [5, 5.41) is 1.96. The van der Waals surface area contributed by atoms with Crippen molar-refractivity contribution in [3.8, 4) is 5.75 Å². The summed E-state index contributed by atoms with van der Waals surface area (Å²) in [5.41, 5.74) is 3.56. The lowest BCUT2D eigenvalue weighted by molar-refractivity contribution is 0.0962. The summed E-state index contributed by atoms with van der Waals surface area (Å²) < 4.78 is 5.41. The SMILES string of the molecule is COc1cccc(N(C(=O)c2cccs2)C2CCN(Cc3cccc(C)c3)CC2)c1. The summed E-state index contributed by atoms with van der Waals surface area (Å²) >= 11 is 1.50. The summed E-state index contributed by atoms with van der Waals surface area (Å²) in [6.07, 6.45) is 1.92. The highest BCUT2D eigenvalue weighted by Gasteiger charge is 2.30. The van der Waals surface area contributed by atoms with Crippen molar-refractivity contribution in [2.45, 2.75) is 32.4 Å². The van der Waals surface area contributed by atoms with Gasteiger partial charge in [-0.2, -0.15) is 0 Å². The molecule has 0 bridgehead atoms. The maximum Gasteiger partial charge on any atom is 0.268 e. The van der Waals surface area contributed by atoms with Crippen LogP contribution in [0.25, 0.3) is 0 Å². The van der Waals surface area contributed by atoms with Crippen LogP contribution in [-0.4, -0.2) is 37.0 Å². The summed E-state index contributed by atoms with van der Waals surface area (Å²) in [7, 11) is 1.66. The molecule has 1 fully saturated rings. The summed E-state index contributed by atoms with van der Waals surface area (Å²) in [5.74, 6) is 0.851. The number of ether oxygens (including phenoxy) is 1. The van der Waals surface area contributed by atoms with Crippen LogP contribution >= 0.6 is 11.3 Å². The van der Waals surface area contributed by atoms with Gasteiger partial charge in [0.25, 0.3) is 5.91 Å². The smallest absolute Gasteiger partial charge is 0.268 e. The second kappa shape index (κ2) is 9.45. The maximum atomic E-state index is 13.4. The van der Waals surface area contributed by atoms with Crippen molar-refractivity contribution in [2.75, 3.05) is 25.1 Å². The van der Waals surface area contributed by atoms with E-state index < -0.39 is 0 Å². The van der Waals surface area contributed by atoms with E-state index >= 15 is 0 Å². The van der Waals surface area contributed by atoms with E-state index in [1.807, 2.05) is 46.7 Å². The van der Waals surface area contributed by atoms with Gasteiger partial charge in [-0.25, -0.2) is 0 Å². The topological polar surface area (TPSA) is 32.8 Å². The van der Waals surface area contributed by atoms with E-state index in [9.17, 15) is 4.79 Å². The van der Waals surface area contributed by atoms with E-state index in [1.54, 1.807) is 7.11 Å². The van der Waals surface area contributed by atoms with E-state index in [2.05, 4.69) is 36.1 Å². The van der Waals surface area contributed by atoms with Gasteiger partial charge in [0.05, 0.1) is 12.0 Å². The first-order valence-electron chi connectivity index (χ1n) is 10.4. The Morgan fingerprint density at radius 3 is 2.60 bits per heavy atom. The molecule has 1 aliphatic heterocycles. The fourth-order valence-electron chi connectivity index (χ4n) is 4.18. The van der Waals surface area contributed by atoms with E-state index in [1.165, 1.54) is 22.5 Å². The second-order valence-corrected chi connectivity index (χ2v) is 8.80. The number of amides is 1. The highest BCUT2D eigenvalue weighted by molar-refractivity contribution is 7.12. The molecule has 156 valence electrons. The molecular weight excluding hydrogens is 392 g/mol. The quantitative estimate of drug-likeness (QED) is 0.537. The van der Waals surface area contributed by atoms with Gasteiger partial charge in [-0.05, 0) is 48.9 Å².